The molecule has 132 valence electrons. The van der Waals surface area contributed by atoms with Crippen molar-refractivity contribution >= 4 is 23.2 Å². The second-order valence-electron chi connectivity index (χ2n) is 6.44. The molecule has 25 heavy (non-hydrogen) atoms. The van der Waals surface area contributed by atoms with Crippen molar-refractivity contribution in [3.8, 4) is 0 Å². The Morgan fingerprint density at radius 2 is 1.92 bits per heavy atom. The van der Waals surface area contributed by atoms with Crippen LogP contribution in [0.15, 0.2) is 48.5 Å². The van der Waals surface area contributed by atoms with Crippen LogP contribution in [0.3, 0.4) is 0 Å². The van der Waals surface area contributed by atoms with Crippen molar-refractivity contribution in [3.05, 3.63) is 64.7 Å². The number of anilines is 1. The number of amides is 1. The van der Waals surface area contributed by atoms with Crippen LogP contribution in [0.4, 0.5) is 5.69 Å². The van der Waals surface area contributed by atoms with Crippen molar-refractivity contribution in [2.75, 3.05) is 5.32 Å². The number of benzene rings is 2. The van der Waals surface area contributed by atoms with E-state index in [1.54, 1.807) is 0 Å². The molecule has 0 bridgehead atoms. The van der Waals surface area contributed by atoms with Crippen LogP contribution in [-0.2, 0) is 11.2 Å². The highest BCUT2D eigenvalue weighted by Crippen LogP contribution is 2.28. The molecule has 0 saturated carbocycles. The Morgan fingerprint density at radius 1 is 1.16 bits per heavy atom. The van der Waals surface area contributed by atoms with Gasteiger partial charge in [-0.25, -0.2) is 10.9 Å². The van der Waals surface area contributed by atoms with E-state index in [9.17, 15) is 4.79 Å². The van der Waals surface area contributed by atoms with E-state index in [-0.39, 0.29) is 18.0 Å². The van der Waals surface area contributed by atoms with Gasteiger partial charge in [0.05, 0.1) is 0 Å². The predicted molar refractivity (Wildman–Crippen MR) is 103 cm³/mol. The molecule has 0 spiro atoms. The summed E-state index contributed by atoms with van der Waals surface area (Å²) >= 11 is 6.24. The average Bonchev–Trinajstić information content (AvgIpc) is 3.11. The first kappa shape index (κ1) is 17.9. The van der Waals surface area contributed by atoms with E-state index < -0.39 is 0 Å². The number of hydrogen-bond acceptors (Lipinski definition) is 3. The van der Waals surface area contributed by atoms with E-state index in [1.165, 1.54) is 18.4 Å². The summed E-state index contributed by atoms with van der Waals surface area (Å²) in [7, 11) is 0. The molecule has 4 nitrogen and oxygen atoms in total. The Labute approximate surface area is 153 Å². The second kappa shape index (κ2) is 8.48. The highest BCUT2D eigenvalue weighted by atomic mass is 35.5. The van der Waals surface area contributed by atoms with Crippen LogP contribution in [0.2, 0.25) is 5.02 Å². The number of carbonyl (C=O) groups excluding carboxylic acids is 1. The molecular formula is C20H24ClN3O. The van der Waals surface area contributed by atoms with E-state index in [0.717, 1.165) is 17.7 Å². The van der Waals surface area contributed by atoms with Gasteiger partial charge in [0.1, 0.15) is 6.04 Å². The highest BCUT2D eigenvalue weighted by molar-refractivity contribution is 6.31. The molecular weight excluding hydrogens is 334 g/mol. The number of rotatable bonds is 6. The van der Waals surface area contributed by atoms with Crippen LogP contribution in [0.5, 0.6) is 0 Å². The largest absolute Gasteiger partial charge is 0.325 e. The van der Waals surface area contributed by atoms with E-state index >= 15 is 0 Å². The van der Waals surface area contributed by atoms with E-state index in [0.29, 0.717) is 11.4 Å². The Bertz CT molecular complexity index is 717. The molecule has 0 radical (unpaired) electrons. The lowest BCUT2D eigenvalue weighted by Gasteiger charge is -2.12. The van der Waals surface area contributed by atoms with Gasteiger partial charge < -0.3 is 5.32 Å². The van der Waals surface area contributed by atoms with Crippen molar-refractivity contribution in [1.82, 2.24) is 10.9 Å². The SMILES string of the molecule is CCCCc1ccc(NC(=O)C2CC(c3ccccc3Cl)NN2)cc1. The zero-order chi connectivity index (χ0) is 17.6. The summed E-state index contributed by atoms with van der Waals surface area (Å²) in [6, 6.07) is 15.5. The number of carbonyl (C=O) groups is 1. The molecule has 1 aliphatic heterocycles. The number of aryl methyl sites for hydroxylation is 1. The van der Waals surface area contributed by atoms with Gasteiger partial charge in [0, 0.05) is 16.8 Å². The molecule has 1 heterocycles. The number of halogens is 1. The van der Waals surface area contributed by atoms with Crippen molar-refractivity contribution < 1.29 is 4.79 Å². The smallest absolute Gasteiger partial charge is 0.242 e. The summed E-state index contributed by atoms with van der Waals surface area (Å²) in [6.45, 7) is 2.19. The third-order valence-electron chi connectivity index (χ3n) is 4.54. The van der Waals surface area contributed by atoms with Gasteiger partial charge in [0.2, 0.25) is 5.91 Å². The predicted octanol–water partition coefficient (Wildman–Crippen LogP) is 4.23. The Hall–Kier alpha value is -1.88. The molecule has 2 aromatic rings. The molecule has 5 heteroatoms. The van der Waals surface area contributed by atoms with Crippen LogP contribution in [-0.4, -0.2) is 11.9 Å². The minimum Gasteiger partial charge on any atom is -0.325 e. The number of nitrogens with one attached hydrogen (secondary N) is 3. The zero-order valence-corrected chi connectivity index (χ0v) is 15.1. The quantitative estimate of drug-likeness (QED) is 0.725. The first-order valence-corrected chi connectivity index (χ1v) is 9.20. The number of unbranched alkanes of at least 4 members (excludes halogenated alkanes) is 1. The fraction of sp³-hybridized carbons (Fsp3) is 0.350. The first-order chi connectivity index (χ1) is 12.2. The molecule has 3 N–H and O–H groups in total. The third-order valence-corrected chi connectivity index (χ3v) is 4.89. The lowest BCUT2D eigenvalue weighted by Crippen LogP contribution is -2.39. The summed E-state index contributed by atoms with van der Waals surface area (Å²) in [5.41, 5.74) is 9.38. The van der Waals surface area contributed by atoms with Gasteiger partial charge in [-0.1, -0.05) is 55.3 Å². The number of hydrazine groups is 1. The van der Waals surface area contributed by atoms with Crippen LogP contribution in [0, 0.1) is 0 Å². The summed E-state index contributed by atoms with van der Waals surface area (Å²) in [6.07, 6.45) is 4.11. The van der Waals surface area contributed by atoms with Crippen molar-refractivity contribution in [1.29, 1.82) is 0 Å². The summed E-state index contributed by atoms with van der Waals surface area (Å²) < 4.78 is 0. The maximum Gasteiger partial charge on any atom is 0.242 e. The minimum absolute atomic E-state index is 0.0286. The fourth-order valence-electron chi connectivity index (χ4n) is 3.05. The van der Waals surface area contributed by atoms with E-state index in [4.69, 9.17) is 11.6 Å². The van der Waals surface area contributed by atoms with Crippen LogP contribution < -0.4 is 16.2 Å². The van der Waals surface area contributed by atoms with Crippen LogP contribution in [0.25, 0.3) is 0 Å². The fourth-order valence-corrected chi connectivity index (χ4v) is 3.32. The summed E-state index contributed by atoms with van der Waals surface area (Å²) in [5.74, 6) is -0.0386. The first-order valence-electron chi connectivity index (χ1n) is 8.82. The maximum absolute atomic E-state index is 12.5. The van der Waals surface area contributed by atoms with Crippen molar-refractivity contribution in [3.63, 3.8) is 0 Å². The third kappa shape index (κ3) is 4.60. The molecule has 0 aliphatic carbocycles. The minimum atomic E-state index is -0.291. The normalized spacial score (nSPS) is 19.8. The average molecular weight is 358 g/mol. The lowest BCUT2D eigenvalue weighted by molar-refractivity contribution is -0.117. The van der Waals surface area contributed by atoms with Crippen LogP contribution in [0.1, 0.15) is 43.4 Å². The van der Waals surface area contributed by atoms with Gasteiger partial charge in [-0.05, 0) is 48.6 Å². The van der Waals surface area contributed by atoms with Crippen molar-refractivity contribution in [2.24, 2.45) is 0 Å². The Balaban J connectivity index is 1.56. The van der Waals surface area contributed by atoms with Crippen molar-refractivity contribution in [2.45, 2.75) is 44.7 Å². The van der Waals surface area contributed by atoms with Gasteiger partial charge in [-0.15, -0.1) is 0 Å². The van der Waals surface area contributed by atoms with Crippen LogP contribution >= 0.6 is 11.6 Å². The standard InChI is InChI=1S/C20H24ClN3O/c1-2-3-6-14-9-11-15(12-10-14)22-20(25)19-13-18(23-24-19)16-7-4-5-8-17(16)21/h4-5,7-12,18-19,23-24H,2-3,6,13H2,1H3,(H,22,25). The second-order valence-corrected chi connectivity index (χ2v) is 6.85. The lowest BCUT2D eigenvalue weighted by atomic mass is 10.0. The molecule has 2 unspecified atom stereocenters. The van der Waals surface area contributed by atoms with Gasteiger partial charge in [-0.3, -0.25) is 4.79 Å². The van der Waals surface area contributed by atoms with Gasteiger partial charge >= 0.3 is 0 Å². The Kier molecular flexibility index (Phi) is 6.08. The summed E-state index contributed by atoms with van der Waals surface area (Å²) in [4.78, 5) is 12.5. The molecule has 1 amide bonds. The van der Waals surface area contributed by atoms with E-state index in [2.05, 4.69) is 35.2 Å². The van der Waals surface area contributed by atoms with Gasteiger partial charge in [-0.2, -0.15) is 0 Å². The molecule has 3 rings (SSSR count). The van der Waals surface area contributed by atoms with Gasteiger partial charge in [0.15, 0.2) is 0 Å². The number of hydrogen-bond donors (Lipinski definition) is 3. The zero-order valence-electron chi connectivity index (χ0n) is 14.4. The molecule has 2 aromatic carbocycles. The highest BCUT2D eigenvalue weighted by Gasteiger charge is 2.31. The molecule has 0 aromatic heterocycles. The van der Waals surface area contributed by atoms with Gasteiger partial charge in [0.25, 0.3) is 0 Å². The monoisotopic (exact) mass is 357 g/mol. The summed E-state index contributed by atoms with van der Waals surface area (Å²) in [5, 5.41) is 3.69. The molecule has 1 saturated heterocycles. The Morgan fingerprint density at radius 3 is 2.64 bits per heavy atom. The van der Waals surface area contributed by atoms with E-state index in [1.807, 2.05) is 36.4 Å². The maximum atomic E-state index is 12.5. The molecule has 1 fully saturated rings. The topological polar surface area (TPSA) is 53.2 Å². The molecule has 1 aliphatic rings. The molecule has 2 atom stereocenters.